The van der Waals surface area contributed by atoms with Gasteiger partial charge in [-0.25, -0.2) is 0 Å². The van der Waals surface area contributed by atoms with Crippen LogP contribution >= 0.6 is 0 Å². The van der Waals surface area contributed by atoms with E-state index in [1.807, 2.05) is 18.2 Å². The lowest BCUT2D eigenvalue weighted by atomic mass is 10.0. The minimum Gasteiger partial charge on any atom is -0.381 e. The predicted molar refractivity (Wildman–Crippen MR) is 125 cm³/mol. The molecule has 0 spiro atoms. The van der Waals surface area contributed by atoms with E-state index in [9.17, 15) is 0 Å². The highest BCUT2D eigenvalue weighted by Crippen LogP contribution is 2.26. The van der Waals surface area contributed by atoms with E-state index < -0.39 is 0 Å². The molecular formula is C27H23N3O. The molecule has 0 amide bonds. The normalized spacial score (nSPS) is 11.0. The molecule has 5 aromatic rings. The number of anilines is 1. The maximum absolute atomic E-state index is 5.61. The van der Waals surface area contributed by atoms with Crippen LogP contribution in [0.2, 0.25) is 0 Å². The van der Waals surface area contributed by atoms with E-state index in [0.717, 1.165) is 23.4 Å². The Morgan fingerprint density at radius 3 is 2.55 bits per heavy atom. The Morgan fingerprint density at radius 2 is 1.65 bits per heavy atom. The molecule has 31 heavy (non-hydrogen) atoms. The van der Waals surface area contributed by atoms with Gasteiger partial charge in [0.15, 0.2) is 0 Å². The molecule has 152 valence electrons. The van der Waals surface area contributed by atoms with Gasteiger partial charge in [-0.05, 0) is 46.5 Å². The fraction of sp³-hybridized carbons (Fsp3) is 0.111. The van der Waals surface area contributed by atoms with E-state index in [2.05, 4.69) is 90.2 Å². The first kappa shape index (κ1) is 19.1. The van der Waals surface area contributed by atoms with E-state index in [4.69, 9.17) is 9.51 Å². The quantitative estimate of drug-likeness (QED) is 0.355. The summed E-state index contributed by atoms with van der Waals surface area (Å²) in [4.78, 5) is 4.70. The van der Waals surface area contributed by atoms with E-state index >= 15 is 0 Å². The van der Waals surface area contributed by atoms with Gasteiger partial charge in [-0.3, -0.25) is 0 Å². The van der Waals surface area contributed by atoms with Gasteiger partial charge in [0.2, 0.25) is 11.7 Å². The van der Waals surface area contributed by atoms with Crippen molar-refractivity contribution in [1.29, 1.82) is 0 Å². The van der Waals surface area contributed by atoms with Gasteiger partial charge >= 0.3 is 0 Å². The van der Waals surface area contributed by atoms with Crippen molar-refractivity contribution in [3.8, 4) is 11.4 Å². The van der Waals surface area contributed by atoms with Gasteiger partial charge in [-0.2, -0.15) is 4.98 Å². The summed E-state index contributed by atoms with van der Waals surface area (Å²) >= 11 is 0. The Kier molecular flexibility index (Phi) is 5.19. The average Bonchev–Trinajstić information content (AvgIpc) is 3.28. The van der Waals surface area contributed by atoms with Crippen molar-refractivity contribution in [3.05, 3.63) is 114 Å². The smallest absolute Gasteiger partial charge is 0.231 e. The summed E-state index contributed by atoms with van der Waals surface area (Å²) < 4.78 is 5.61. The highest BCUT2D eigenvalue weighted by molar-refractivity contribution is 5.85. The Morgan fingerprint density at radius 1 is 0.839 bits per heavy atom. The second-order valence-electron chi connectivity index (χ2n) is 7.70. The lowest BCUT2D eigenvalue weighted by molar-refractivity contribution is 0.386. The Balaban J connectivity index is 1.37. The van der Waals surface area contributed by atoms with Crippen molar-refractivity contribution in [3.63, 3.8) is 0 Å². The zero-order valence-corrected chi connectivity index (χ0v) is 17.4. The molecule has 0 aliphatic heterocycles. The highest BCUT2D eigenvalue weighted by Gasteiger charge is 2.13. The van der Waals surface area contributed by atoms with Crippen LogP contribution in [0.1, 0.15) is 22.6 Å². The molecule has 5 rings (SSSR count). The van der Waals surface area contributed by atoms with Crippen molar-refractivity contribution < 1.29 is 4.52 Å². The Hall–Kier alpha value is -3.92. The van der Waals surface area contributed by atoms with Crippen molar-refractivity contribution in [2.45, 2.75) is 19.9 Å². The molecule has 1 N–H and O–H groups in total. The van der Waals surface area contributed by atoms with Crippen molar-refractivity contribution in [2.24, 2.45) is 0 Å². The first-order valence-corrected chi connectivity index (χ1v) is 10.4. The van der Waals surface area contributed by atoms with Gasteiger partial charge in [-0.1, -0.05) is 84.0 Å². The zero-order valence-electron chi connectivity index (χ0n) is 17.4. The Bertz CT molecular complexity index is 1320. The molecule has 4 heteroatoms. The molecule has 1 aromatic heterocycles. The second kappa shape index (κ2) is 8.44. The van der Waals surface area contributed by atoms with Gasteiger partial charge < -0.3 is 9.84 Å². The second-order valence-corrected chi connectivity index (χ2v) is 7.70. The monoisotopic (exact) mass is 405 g/mol. The molecular weight excluding hydrogens is 382 g/mol. The number of rotatable bonds is 6. The van der Waals surface area contributed by atoms with Crippen LogP contribution in [0, 0.1) is 6.92 Å². The summed E-state index contributed by atoms with van der Waals surface area (Å²) in [7, 11) is 0. The molecule has 4 nitrogen and oxygen atoms in total. The minimum absolute atomic E-state index is 0.610. The lowest BCUT2D eigenvalue weighted by Crippen LogP contribution is -2.00. The SMILES string of the molecule is Cc1ccc(NCc2ccccc2)cc1-c1noc(Cc2cccc3ccccc23)n1. The van der Waals surface area contributed by atoms with Crippen LogP contribution in [-0.2, 0) is 13.0 Å². The number of benzene rings is 4. The number of fused-ring (bicyclic) bond motifs is 1. The van der Waals surface area contributed by atoms with Gasteiger partial charge in [0.05, 0.1) is 6.42 Å². The maximum atomic E-state index is 5.61. The Labute approximate surface area is 181 Å². The third-order valence-electron chi connectivity index (χ3n) is 5.51. The molecule has 0 fully saturated rings. The van der Waals surface area contributed by atoms with Crippen LogP contribution in [-0.4, -0.2) is 10.1 Å². The molecule has 0 aliphatic rings. The molecule has 1 heterocycles. The molecule has 0 bridgehead atoms. The molecule has 0 atom stereocenters. The van der Waals surface area contributed by atoms with Gasteiger partial charge in [0.25, 0.3) is 0 Å². The summed E-state index contributed by atoms with van der Waals surface area (Å²) in [6, 6.07) is 31.3. The fourth-order valence-electron chi connectivity index (χ4n) is 3.82. The summed E-state index contributed by atoms with van der Waals surface area (Å²) in [5.74, 6) is 1.24. The minimum atomic E-state index is 0.610. The summed E-state index contributed by atoms with van der Waals surface area (Å²) in [6.45, 7) is 2.83. The molecule has 0 saturated carbocycles. The van der Waals surface area contributed by atoms with Crippen molar-refractivity contribution in [1.82, 2.24) is 10.1 Å². The molecule has 0 saturated heterocycles. The first-order valence-electron chi connectivity index (χ1n) is 10.4. The number of aryl methyl sites for hydroxylation is 1. The first-order chi connectivity index (χ1) is 15.3. The van der Waals surface area contributed by atoms with E-state index in [0.29, 0.717) is 18.1 Å². The molecule has 0 aliphatic carbocycles. The third-order valence-corrected chi connectivity index (χ3v) is 5.51. The van der Waals surface area contributed by atoms with E-state index in [1.165, 1.54) is 21.9 Å². The van der Waals surface area contributed by atoms with E-state index in [1.54, 1.807) is 0 Å². The summed E-state index contributed by atoms with van der Waals surface area (Å²) in [5.41, 5.74) is 5.54. The van der Waals surface area contributed by atoms with Crippen LogP contribution in [0.3, 0.4) is 0 Å². The fourth-order valence-corrected chi connectivity index (χ4v) is 3.82. The topological polar surface area (TPSA) is 51.0 Å². The van der Waals surface area contributed by atoms with Gasteiger partial charge in [0, 0.05) is 17.8 Å². The summed E-state index contributed by atoms with van der Waals surface area (Å²) in [5, 5.41) is 10.2. The van der Waals surface area contributed by atoms with Crippen LogP contribution in [0.15, 0.2) is 95.5 Å². The van der Waals surface area contributed by atoms with Crippen LogP contribution in [0.5, 0.6) is 0 Å². The van der Waals surface area contributed by atoms with Crippen LogP contribution in [0.25, 0.3) is 22.2 Å². The number of hydrogen-bond donors (Lipinski definition) is 1. The average molecular weight is 406 g/mol. The molecule has 0 radical (unpaired) electrons. The maximum Gasteiger partial charge on any atom is 0.231 e. The number of hydrogen-bond acceptors (Lipinski definition) is 4. The van der Waals surface area contributed by atoms with Crippen LogP contribution in [0.4, 0.5) is 5.69 Å². The number of aromatic nitrogens is 2. The van der Waals surface area contributed by atoms with Gasteiger partial charge in [-0.15, -0.1) is 0 Å². The molecule has 4 aromatic carbocycles. The predicted octanol–water partition coefficient (Wildman–Crippen LogP) is 6.40. The third kappa shape index (κ3) is 4.19. The van der Waals surface area contributed by atoms with Gasteiger partial charge in [0.1, 0.15) is 0 Å². The van der Waals surface area contributed by atoms with Crippen LogP contribution < -0.4 is 5.32 Å². The van der Waals surface area contributed by atoms with Crippen molar-refractivity contribution in [2.75, 3.05) is 5.32 Å². The summed E-state index contributed by atoms with van der Waals surface area (Å²) in [6.07, 6.45) is 0.610. The number of nitrogens with one attached hydrogen (secondary N) is 1. The van der Waals surface area contributed by atoms with E-state index in [-0.39, 0.29) is 0 Å². The lowest BCUT2D eigenvalue weighted by Gasteiger charge is -2.09. The standard InChI is InChI=1S/C27H23N3O/c1-19-14-15-23(28-18-20-8-3-2-4-9-20)17-25(19)27-29-26(31-30-27)16-22-12-7-11-21-10-5-6-13-24(21)22/h2-15,17,28H,16,18H2,1H3. The zero-order chi connectivity index (χ0) is 21.0. The largest absolute Gasteiger partial charge is 0.381 e. The number of nitrogens with zero attached hydrogens (tertiary/aromatic N) is 2. The van der Waals surface area contributed by atoms with Crippen molar-refractivity contribution >= 4 is 16.5 Å². The molecule has 0 unspecified atom stereocenters. The highest BCUT2D eigenvalue weighted by atomic mass is 16.5.